The molecule has 1 aliphatic rings. The molecule has 47 heavy (non-hydrogen) atoms. The third kappa shape index (κ3) is 8.68. The summed E-state index contributed by atoms with van der Waals surface area (Å²) in [4.78, 5) is 9.10. The molecule has 2 heterocycles. The van der Waals surface area contributed by atoms with Crippen molar-refractivity contribution in [3.8, 4) is 11.1 Å². The number of aromatic nitrogens is 3. The second-order valence-corrected chi connectivity index (χ2v) is 15.3. The fourth-order valence-electron chi connectivity index (χ4n) is 6.28. The van der Waals surface area contributed by atoms with Gasteiger partial charge in [-0.1, -0.05) is 61.8 Å². The van der Waals surface area contributed by atoms with E-state index < -0.39 is 15.4 Å². The van der Waals surface area contributed by atoms with Gasteiger partial charge in [-0.2, -0.15) is 0 Å². The molecule has 1 fully saturated rings. The number of sulfonamides is 1. The number of anilines is 2. The monoisotopic (exact) mass is 674 g/mol. The van der Waals surface area contributed by atoms with Crippen LogP contribution < -0.4 is 15.4 Å². The van der Waals surface area contributed by atoms with E-state index in [-0.39, 0.29) is 17.6 Å². The van der Waals surface area contributed by atoms with Gasteiger partial charge in [-0.15, -0.1) is 0 Å². The predicted molar refractivity (Wildman–Crippen MR) is 189 cm³/mol. The SMILES string of the molecule is CC(C)(CNC1CCC(Nc2cc(-c3ccc4ncn(Cc5cccc(F)c5)c4c3)c(Cl)cn2)CC1)CS(=O)(=O)Nc1ccccc1. The van der Waals surface area contributed by atoms with Crippen LogP contribution in [0, 0.1) is 11.2 Å². The smallest absolute Gasteiger partial charge is 0.233 e. The number of hydrogen-bond donors (Lipinski definition) is 3. The maximum absolute atomic E-state index is 13.8. The summed E-state index contributed by atoms with van der Waals surface area (Å²) < 4.78 is 44.0. The lowest BCUT2D eigenvalue weighted by atomic mass is 9.89. The Morgan fingerprint density at radius 1 is 0.936 bits per heavy atom. The van der Waals surface area contributed by atoms with Crippen molar-refractivity contribution in [3.63, 3.8) is 0 Å². The molecule has 0 atom stereocenters. The van der Waals surface area contributed by atoms with Crippen LogP contribution in [0.2, 0.25) is 5.02 Å². The number of nitrogens with one attached hydrogen (secondary N) is 3. The minimum atomic E-state index is -3.47. The van der Waals surface area contributed by atoms with Crippen molar-refractivity contribution in [2.75, 3.05) is 22.3 Å². The summed E-state index contributed by atoms with van der Waals surface area (Å²) in [7, 11) is -3.47. The highest BCUT2D eigenvalue weighted by molar-refractivity contribution is 7.92. The molecule has 0 aliphatic heterocycles. The lowest BCUT2D eigenvalue weighted by molar-refractivity contribution is 0.300. The van der Waals surface area contributed by atoms with Crippen LogP contribution in [0.4, 0.5) is 15.9 Å². The van der Waals surface area contributed by atoms with Gasteiger partial charge < -0.3 is 15.2 Å². The van der Waals surface area contributed by atoms with E-state index in [4.69, 9.17) is 11.6 Å². The standard InChI is InChI=1S/C36H40ClFN6O2S/c1-36(2,23-47(45,46)43-30-9-4-3-5-10-30)22-40-28-12-14-29(15-13-28)42-35-19-31(32(37)20-39-35)26-11-16-33-34(18-26)44(24-41-33)21-25-7-6-8-27(38)17-25/h3-11,16-20,24,28-29,40,43H,12-15,21-23H2,1-2H3,(H,39,42). The molecule has 1 aliphatic carbocycles. The lowest BCUT2D eigenvalue weighted by Gasteiger charge is -2.33. The summed E-state index contributed by atoms with van der Waals surface area (Å²) in [5.41, 5.74) is 4.63. The molecular weight excluding hydrogens is 635 g/mol. The molecule has 8 nitrogen and oxygen atoms in total. The Labute approximate surface area is 280 Å². The Hall–Kier alpha value is -3.99. The average Bonchev–Trinajstić information content (AvgIpc) is 3.43. The van der Waals surface area contributed by atoms with Crippen LogP contribution in [-0.4, -0.2) is 47.3 Å². The highest BCUT2D eigenvalue weighted by Crippen LogP contribution is 2.33. The van der Waals surface area contributed by atoms with Gasteiger partial charge in [-0.25, -0.2) is 22.8 Å². The van der Waals surface area contributed by atoms with Crippen molar-refractivity contribution in [2.24, 2.45) is 5.41 Å². The lowest BCUT2D eigenvalue weighted by Crippen LogP contribution is -2.43. The molecule has 3 N–H and O–H groups in total. The van der Waals surface area contributed by atoms with E-state index in [0.29, 0.717) is 29.8 Å². The number of nitrogens with zero attached hydrogens (tertiary/aromatic N) is 3. The highest BCUT2D eigenvalue weighted by atomic mass is 35.5. The van der Waals surface area contributed by atoms with Crippen LogP contribution in [-0.2, 0) is 16.6 Å². The maximum Gasteiger partial charge on any atom is 0.233 e. The first-order valence-corrected chi connectivity index (χ1v) is 18.0. The van der Waals surface area contributed by atoms with Crippen molar-refractivity contribution in [3.05, 3.63) is 108 Å². The predicted octanol–water partition coefficient (Wildman–Crippen LogP) is 7.72. The Morgan fingerprint density at radius 2 is 1.70 bits per heavy atom. The van der Waals surface area contributed by atoms with Crippen LogP contribution in [0.5, 0.6) is 0 Å². The molecule has 246 valence electrons. The molecule has 0 radical (unpaired) electrons. The molecule has 0 amide bonds. The quantitative estimate of drug-likeness (QED) is 0.125. The fraction of sp³-hybridized carbons (Fsp3) is 0.333. The summed E-state index contributed by atoms with van der Waals surface area (Å²) >= 11 is 6.65. The molecule has 0 unspecified atom stereocenters. The Bertz CT molecular complexity index is 1940. The largest absolute Gasteiger partial charge is 0.367 e. The van der Waals surface area contributed by atoms with Crippen LogP contribution in [0.15, 0.2) is 91.4 Å². The number of rotatable bonds is 12. The van der Waals surface area contributed by atoms with Crippen molar-refractivity contribution in [1.82, 2.24) is 19.9 Å². The van der Waals surface area contributed by atoms with Gasteiger partial charge >= 0.3 is 0 Å². The second kappa shape index (κ2) is 14.0. The first-order valence-electron chi connectivity index (χ1n) is 15.9. The van der Waals surface area contributed by atoms with Crippen LogP contribution in [0.1, 0.15) is 45.1 Å². The molecular formula is C36H40ClFN6O2S. The zero-order valence-electron chi connectivity index (χ0n) is 26.6. The van der Waals surface area contributed by atoms with E-state index in [1.807, 2.05) is 60.9 Å². The van der Waals surface area contributed by atoms with Crippen molar-refractivity contribution >= 4 is 44.2 Å². The minimum Gasteiger partial charge on any atom is -0.367 e. The molecule has 2 aromatic heterocycles. The molecule has 0 saturated heterocycles. The molecule has 0 bridgehead atoms. The number of pyridine rings is 1. The van der Waals surface area contributed by atoms with E-state index in [1.54, 1.807) is 30.7 Å². The van der Waals surface area contributed by atoms with E-state index in [9.17, 15) is 12.8 Å². The highest BCUT2D eigenvalue weighted by Gasteiger charge is 2.29. The van der Waals surface area contributed by atoms with Gasteiger partial charge in [0.1, 0.15) is 11.6 Å². The van der Waals surface area contributed by atoms with Crippen molar-refractivity contribution in [1.29, 1.82) is 0 Å². The number of imidazole rings is 1. The first-order chi connectivity index (χ1) is 22.5. The van der Waals surface area contributed by atoms with Gasteiger partial charge in [0.2, 0.25) is 10.0 Å². The third-order valence-corrected chi connectivity index (χ3v) is 10.6. The van der Waals surface area contributed by atoms with Crippen LogP contribution in [0.3, 0.4) is 0 Å². The van der Waals surface area contributed by atoms with Gasteiger partial charge in [0.05, 0.1) is 28.1 Å². The summed E-state index contributed by atoms with van der Waals surface area (Å²) in [5, 5.41) is 7.79. The summed E-state index contributed by atoms with van der Waals surface area (Å²) in [6, 6.07) is 24.2. The van der Waals surface area contributed by atoms with E-state index in [2.05, 4.69) is 31.4 Å². The van der Waals surface area contributed by atoms with E-state index >= 15 is 0 Å². The molecule has 3 aromatic carbocycles. The zero-order valence-corrected chi connectivity index (χ0v) is 28.2. The average molecular weight is 675 g/mol. The summed E-state index contributed by atoms with van der Waals surface area (Å²) in [5.74, 6) is 0.544. The molecule has 1 saturated carbocycles. The number of para-hydroxylation sites is 1. The fourth-order valence-corrected chi connectivity index (χ4v) is 8.19. The van der Waals surface area contributed by atoms with Gasteiger partial charge in [-0.3, -0.25) is 4.72 Å². The van der Waals surface area contributed by atoms with Crippen molar-refractivity contribution in [2.45, 2.75) is 58.2 Å². The number of benzene rings is 3. The molecule has 11 heteroatoms. The summed E-state index contributed by atoms with van der Waals surface area (Å²) in [6.45, 7) is 5.08. The topological polar surface area (TPSA) is 101 Å². The van der Waals surface area contributed by atoms with Gasteiger partial charge in [0.25, 0.3) is 0 Å². The maximum atomic E-state index is 13.8. The van der Waals surface area contributed by atoms with Crippen LogP contribution >= 0.6 is 11.6 Å². The third-order valence-electron chi connectivity index (χ3n) is 8.61. The van der Waals surface area contributed by atoms with Gasteiger partial charge in [0.15, 0.2) is 0 Å². The molecule has 6 rings (SSSR count). The van der Waals surface area contributed by atoms with Crippen LogP contribution in [0.25, 0.3) is 22.2 Å². The first kappa shape index (κ1) is 32.9. The minimum absolute atomic E-state index is 0.0334. The van der Waals surface area contributed by atoms with Gasteiger partial charge in [0, 0.05) is 42.6 Å². The normalized spacial score (nSPS) is 17.1. The Kier molecular flexibility index (Phi) is 9.82. The number of halogens is 2. The number of fused-ring (bicyclic) bond motifs is 1. The Balaban J connectivity index is 1.04. The molecule has 0 spiro atoms. The number of hydrogen-bond acceptors (Lipinski definition) is 6. The zero-order chi connectivity index (χ0) is 33.0. The van der Waals surface area contributed by atoms with E-state index in [1.165, 1.54) is 12.1 Å². The van der Waals surface area contributed by atoms with Crippen molar-refractivity contribution < 1.29 is 12.8 Å². The van der Waals surface area contributed by atoms with E-state index in [0.717, 1.165) is 59.2 Å². The Morgan fingerprint density at radius 3 is 2.47 bits per heavy atom. The van der Waals surface area contributed by atoms with Gasteiger partial charge in [-0.05, 0) is 84.7 Å². The molecule has 5 aromatic rings. The second-order valence-electron chi connectivity index (χ2n) is 13.2. The summed E-state index contributed by atoms with van der Waals surface area (Å²) in [6.07, 6.45) is 7.36.